The summed E-state index contributed by atoms with van der Waals surface area (Å²) < 4.78 is 19.1. The molecule has 1 heterocycles. The van der Waals surface area contributed by atoms with Crippen molar-refractivity contribution in [3.05, 3.63) is 35.6 Å². The normalized spacial score (nSPS) is 21.7. The number of amides is 1. The molecule has 1 aromatic carbocycles. The second kappa shape index (κ2) is 5.94. The van der Waals surface area contributed by atoms with Gasteiger partial charge in [-0.25, -0.2) is 14.0 Å². The van der Waals surface area contributed by atoms with Crippen LogP contribution in [-0.4, -0.2) is 40.3 Å². The van der Waals surface area contributed by atoms with Crippen LogP contribution in [0.25, 0.3) is 0 Å². The summed E-state index contributed by atoms with van der Waals surface area (Å²) in [6, 6.07) is 5.23. The first kappa shape index (κ1) is 16.3. The molecule has 0 saturated carbocycles. The molecule has 1 aromatic rings. The van der Waals surface area contributed by atoms with Gasteiger partial charge in [0.15, 0.2) is 0 Å². The number of likely N-dealkylation sites (tertiary alicyclic amines) is 1. The summed E-state index contributed by atoms with van der Waals surface area (Å²) in [6.07, 6.45) is -0.506. The highest BCUT2D eigenvalue weighted by Gasteiger charge is 2.42. The summed E-state index contributed by atoms with van der Waals surface area (Å²) in [7, 11) is 0. The second-order valence-corrected chi connectivity index (χ2v) is 6.44. The molecule has 22 heavy (non-hydrogen) atoms. The highest BCUT2D eigenvalue weighted by molar-refractivity contribution is 5.81. The summed E-state index contributed by atoms with van der Waals surface area (Å²) in [6.45, 7) is 5.27. The fourth-order valence-corrected chi connectivity index (χ4v) is 2.62. The predicted molar refractivity (Wildman–Crippen MR) is 78.1 cm³/mol. The van der Waals surface area contributed by atoms with Gasteiger partial charge < -0.3 is 9.84 Å². The van der Waals surface area contributed by atoms with E-state index in [9.17, 15) is 19.1 Å². The largest absolute Gasteiger partial charge is 0.480 e. The third-order valence-electron chi connectivity index (χ3n) is 3.56. The van der Waals surface area contributed by atoms with Crippen LogP contribution in [0.15, 0.2) is 24.3 Å². The Kier molecular flexibility index (Phi) is 4.39. The first-order chi connectivity index (χ1) is 10.2. The molecule has 120 valence electrons. The van der Waals surface area contributed by atoms with Gasteiger partial charge in [0.2, 0.25) is 0 Å². The standard InChI is InChI=1S/C16H20FNO4/c1-16(2,3)22-15(21)18-9-10(8-13(18)14(19)20)11-6-4-5-7-12(11)17/h4-7,10,13H,8-9H2,1-3H3,(H,19,20)/t10-,13-/m0/s1. The van der Waals surface area contributed by atoms with Crippen LogP contribution in [0, 0.1) is 5.82 Å². The van der Waals surface area contributed by atoms with E-state index in [0.29, 0.717) is 5.56 Å². The lowest BCUT2D eigenvalue weighted by atomic mass is 9.96. The first-order valence-corrected chi connectivity index (χ1v) is 7.16. The van der Waals surface area contributed by atoms with E-state index in [1.54, 1.807) is 39.0 Å². The smallest absolute Gasteiger partial charge is 0.411 e. The Morgan fingerprint density at radius 2 is 1.95 bits per heavy atom. The summed E-state index contributed by atoms with van der Waals surface area (Å²) in [5.41, 5.74) is -0.282. The molecule has 1 aliphatic rings. The number of nitrogens with zero attached hydrogens (tertiary/aromatic N) is 1. The zero-order valence-electron chi connectivity index (χ0n) is 12.9. The number of rotatable bonds is 2. The number of ether oxygens (including phenoxy) is 1. The maximum atomic E-state index is 13.9. The van der Waals surface area contributed by atoms with E-state index in [-0.39, 0.29) is 24.7 Å². The number of carbonyl (C=O) groups excluding carboxylic acids is 1. The molecule has 0 unspecified atom stereocenters. The number of aliphatic carboxylic acids is 1. The molecule has 1 aliphatic heterocycles. The average molecular weight is 309 g/mol. The molecular formula is C16H20FNO4. The summed E-state index contributed by atoms with van der Waals surface area (Å²) in [4.78, 5) is 24.8. The van der Waals surface area contributed by atoms with E-state index in [4.69, 9.17) is 4.74 Å². The topological polar surface area (TPSA) is 66.8 Å². The van der Waals surface area contributed by atoms with Crippen molar-refractivity contribution in [2.45, 2.75) is 44.8 Å². The maximum absolute atomic E-state index is 13.9. The molecule has 2 rings (SSSR count). The van der Waals surface area contributed by atoms with Crippen molar-refractivity contribution in [3.8, 4) is 0 Å². The van der Waals surface area contributed by atoms with Crippen molar-refractivity contribution in [1.82, 2.24) is 4.90 Å². The van der Waals surface area contributed by atoms with Crippen molar-refractivity contribution >= 4 is 12.1 Å². The SMILES string of the molecule is CC(C)(C)OC(=O)N1C[C@@H](c2ccccc2F)C[C@H]1C(=O)O. The van der Waals surface area contributed by atoms with Gasteiger partial charge in [-0.05, 0) is 38.8 Å². The van der Waals surface area contributed by atoms with Crippen molar-refractivity contribution in [2.75, 3.05) is 6.54 Å². The minimum Gasteiger partial charge on any atom is -0.480 e. The Labute approximate surface area is 128 Å². The van der Waals surface area contributed by atoms with Gasteiger partial charge >= 0.3 is 12.1 Å². The Morgan fingerprint density at radius 1 is 1.32 bits per heavy atom. The van der Waals surface area contributed by atoms with Crippen molar-refractivity contribution < 1.29 is 23.8 Å². The van der Waals surface area contributed by atoms with E-state index in [2.05, 4.69) is 0 Å². The molecule has 2 atom stereocenters. The zero-order valence-corrected chi connectivity index (χ0v) is 12.9. The van der Waals surface area contributed by atoms with Gasteiger partial charge in [-0.15, -0.1) is 0 Å². The molecule has 1 fully saturated rings. The molecular weight excluding hydrogens is 289 g/mol. The lowest BCUT2D eigenvalue weighted by Gasteiger charge is -2.26. The van der Waals surface area contributed by atoms with Gasteiger partial charge in [-0.1, -0.05) is 18.2 Å². The zero-order chi connectivity index (χ0) is 16.5. The van der Waals surface area contributed by atoms with Crippen molar-refractivity contribution in [2.24, 2.45) is 0 Å². The van der Waals surface area contributed by atoms with Crippen LogP contribution in [0.3, 0.4) is 0 Å². The Hall–Kier alpha value is -2.11. The van der Waals surface area contributed by atoms with Crippen LogP contribution in [0.5, 0.6) is 0 Å². The first-order valence-electron chi connectivity index (χ1n) is 7.16. The highest BCUT2D eigenvalue weighted by Crippen LogP contribution is 2.34. The fraction of sp³-hybridized carbons (Fsp3) is 0.500. The quantitative estimate of drug-likeness (QED) is 0.912. The Balaban J connectivity index is 2.22. The van der Waals surface area contributed by atoms with Gasteiger partial charge in [-0.2, -0.15) is 0 Å². The third kappa shape index (κ3) is 3.55. The molecule has 0 aromatic heterocycles. The van der Waals surface area contributed by atoms with Crippen LogP contribution < -0.4 is 0 Å². The van der Waals surface area contributed by atoms with Gasteiger partial charge in [0.05, 0.1) is 0 Å². The summed E-state index contributed by atoms with van der Waals surface area (Å²) >= 11 is 0. The average Bonchev–Trinajstić information content (AvgIpc) is 2.82. The Bertz CT molecular complexity index is 582. The monoisotopic (exact) mass is 309 g/mol. The summed E-state index contributed by atoms with van der Waals surface area (Å²) in [5.74, 6) is -1.85. The lowest BCUT2D eigenvalue weighted by Crippen LogP contribution is -2.43. The Morgan fingerprint density at radius 3 is 2.50 bits per heavy atom. The number of hydrogen-bond acceptors (Lipinski definition) is 3. The van der Waals surface area contributed by atoms with Gasteiger partial charge in [-0.3, -0.25) is 4.90 Å². The fourth-order valence-electron chi connectivity index (χ4n) is 2.62. The number of halogens is 1. The van der Waals surface area contributed by atoms with Crippen LogP contribution in [-0.2, 0) is 9.53 Å². The van der Waals surface area contributed by atoms with Crippen LogP contribution >= 0.6 is 0 Å². The maximum Gasteiger partial charge on any atom is 0.411 e. The molecule has 0 radical (unpaired) electrons. The highest BCUT2D eigenvalue weighted by atomic mass is 19.1. The van der Waals surface area contributed by atoms with E-state index in [0.717, 1.165) is 0 Å². The molecule has 1 N–H and O–H groups in total. The molecule has 1 amide bonds. The molecule has 1 saturated heterocycles. The van der Waals surface area contributed by atoms with E-state index < -0.39 is 23.7 Å². The summed E-state index contributed by atoms with van der Waals surface area (Å²) in [5, 5.41) is 9.32. The predicted octanol–water partition coefficient (Wildman–Crippen LogP) is 3.00. The van der Waals surface area contributed by atoms with Gasteiger partial charge in [0, 0.05) is 12.5 Å². The van der Waals surface area contributed by atoms with Crippen LogP contribution in [0.1, 0.15) is 38.7 Å². The number of carboxylic acids is 1. The minimum atomic E-state index is -1.11. The van der Waals surface area contributed by atoms with E-state index in [1.165, 1.54) is 11.0 Å². The second-order valence-electron chi connectivity index (χ2n) is 6.44. The molecule has 0 spiro atoms. The number of carboxylic acid groups (broad SMARTS) is 1. The number of carbonyl (C=O) groups is 2. The number of hydrogen-bond donors (Lipinski definition) is 1. The van der Waals surface area contributed by atoms with E-state index >= 15 is 0 Å². The molecule has 6 heteroatoms. The van der Waals surface area contributed by atoms with Gasteiger partial charge in [0.1, 0.15) is 17.5 Å². The number of benzene rings is 1. The van der Waals surface area contributed by atoms with E-state index in [1.807, 2.05) is 0 Å². The third-order valence-corrected chi connectivity index (χ3v) is 3.56. The molecule has 0 bridgehead atoms. The van der Waals surface area contributed by atoms with Crippen molar-refractivity contribution in [3.63, 3.8) is 0 Å². The van der Waals surface area contributed by atoms with Crippen molar-refractivity contribution in [1.29, 1.82) is 0 Å². The molecule has 5 nitrogen and oxygen atoms in total. The minimum absolute atomic E-state index is 0.132. The molecule has 0 aliphatic carbocycles. The lowest BCUT2D eigenvalue weighted by molar-refractivity contribution is -0.142. The van der Waals surface area contributed by atoms with Crippen LogP contribution in [0.2, 0.25) is 0 Å². The van der Waals surface area contributed by atoms with Crippen LogP contribution in [0.4, 0.5) is 9.18 Å². The van der Waals surface area contributed by atoms with Gasteiger partial charge in [0.25, 0.3) is 0 Å².